The summed E-state index contributed by atoms with van der Waals surface area (Å²) in [6.07, 6.45) is 2.79. The molecule has 2 fully saturated rings. The highest BCUT2D eigenvalue weighted by Crippen LogP contribution is 2.70. The highest BCUT2D eigenvalue weighted by molar-refractivity contribution is 5.25. The van der Waals surface area contributed by atoms with E-state index in [1.165, 1.54) is 18.4 Å². The molecule has 0 aromatic heterocycles. The molecule has 0 aromatic carbocycles. The number of fused-ring (bicyclic) bond motifs is 1. The predicted octanol–water partition coefficient (Wildman–Crippen LogP) is 3.24. The van der Waals surface area contributed by atoms with E-state index in [-0.39, 0.29) is 0 Å². The second-order valence-electron chi connectivity index (χ2n) is 4.82. The molecule has 0 spiro atoms. The molecule has 62 valence electrons. The van der Waals surface area contributed by atoms with Gasteiger partial charge in [-0.15, -0.1) is 0 Å². The van der Waals surface area contributed by atoms with Crippen LogP contribution in [-0.2, 0) is 0 Å². The van der Waals surface area contributed by atoms with Gasteiger partial charge in [0.1, 0.15) is 0 Å². The summed E-state index contributed by atoms with van der Waals surface area (Å²) in [6, 6.07) is 0. The molecule has 3 atom stereocenters. The monoisotopic (exact) mass is 150 g/mol. The Balaban J connectivity index is 2.20. The average molecular weight is 150 g/mol. The Morgan fingerprint density at radius 2 is 2.18 bits per heavy atom. The van der Waals surface area contributed by atoms with Gasteiger partial charge in [-0.2, -0.15) is 0 Å². The van der Waals surface area contributed by atoms with Gasteiger partial charge in [0.15, 0.2) is 0 Å². The molecule has 0 unspecified atom stereocenters. The van der Waals surface area contributed by atoms with Gasteiger partial charge >= 0.3 is 0 Å². The zero-order chi connectivity index (χ0) is 8.22. The van der Waals surface area contributed by atoms with E-state index in [0.29, 0.717) is 5.41 Å². The topological polar surface area (TPSA) is 0 Å². The first kappa shape index (κ1) is 7.39. The van der Waals surface area contributed by atoms with Crippen LogP contribution < -0.4 is 0 Å². The van der Waals surface area contributed by atoms with Crippen LogP contribution in [0.3, 0.4) is 0 Å². The first-order valence-electron chi connectivity index (χ1n) is 4.75. The largest absolute Gasteiger partial charge is 0.0996 e. The molecule has 0 amide bonds. The quantitative estimate of drug-likeness (QED) is 0.503. The lowest BCUT2D eigenvalue weighted by molar-refractivity contribution is 0.347. The summed E-state index contributed by atoms with van der Waals surface area (Å²) in [5.41, 5.74) is 2.21. The van der Waals surface area contributed by atoms with Crippen LogP contribution in [0.15, 0.2) is 12.2 Å². The van der Waals surface area contributed by atoms with Crippen molar-refractivity contribution in [2.45, 2.75) is 33.6 Å². The lowest BCUT2D eigenvalue weighted by Gasteiger charge is -2.15. The van der Waals surface area contributed by atoms with E-state index in [1.54, 1.807) is 0 Å². The third kappa shape index (κ3) is 0.758. The Kier molecular flexibility index (Phi) is 1.28. The first-order valence-corrected chi connectivity index (χ1v) is 4.75. The summed E-state index contributed by atoms with van der Waals surface area (Å²) in [6.45, 7) is 11.2. The number of allylic oxidation sites excluding steroid dienone is 1. The molecule has 2 aliphatic carbocycles. The molecule has 0 aromatic rings. The molecule has 0 bridgehead atoms. The van der Waals surface area contributed by atoms with E-state index in [0.717, 1.165) is 17.8 Å². The van der Waals surface area contributed by atoms with Gasteiger partial charge in [-0.05, 0) is 36.0 Å². The molecule has 2 rings (SSSR count). The van der Waals surface area contributed by atoms with Gasteiger partial charge in [-0.3, -0.25) is 0 Å². The van der Waals surface area contributed by atoms with Gasteiger partial charge in [-0.25, -0.2) is 0 Å². The van der Waals surface area contributed by atoms with E-state index in [2.05, 4.69) is 27.4 Å². The zero-order valence-corrected chi connectivity index (χ0v) is 7.85. The summed E-state index contributed by atoms with van der Waals surface area (Å²) in [5, 5.41) is 0. The highest BCUT2D eigenvalue weighted by atomic mass is 14.7. The Morgan fingerprint density at radius 1 is 1.55 bits per heavy atom. The Bertz CT molecular complexity index is 202. The smallest absolute Gasteiger partial charge is 0.0200 e. The van der Waals surface area contributed by atoms with Crippen molar-refractivity contribution >= 4 is 0 Å². The molecular weight excluding hydrogens is 132 g/mol. The predicted molar refractivity (Wildman–Crippen MR) is 48.3 cm³/mol. The van der Waals surface area contributed by atoms with Crippen molar-refractivity contribution < 1.29 is 0 Å². The number of hydrogen-bond acceptors (Lipinski definition) is 0. The third-order valence-corrected chi connectivity index (χ3v) is 4.13. The van der Waals surface area contributed by atoms with Crippen LogP contribution in [0.2, 0.25) is 0 Å². The first-order chi connectivity index (χ1) is 5.08. The summed E-state index contributed by atoms with van der Waals surface area (Å²) in [4.78, 5) is 0. The van der Waals surface area contributed by atoms with Gasteiger partial charge in [0.25, 0.3) is 0 Å². The standard InChI is InChI=1S/C11H18/c1-7(2)11-5-8(3)9(4)10(11)6-11/h7,9-10H,3,5-6H2,1-2,4H3/t9-,10+,11+/m0/s1. The molecule has 11 heavy (non-hydrogen) atoms. The normalized spacial score (nSPS) is 48.2. The number of rotatable bonds is 1. The van der Waals surface area contributed by atoms with Crippen LogP contribution in [0.4, 0.5) is 0 Å². The Labute approximate surface area is 69.7 Å². The van der Waals surface area contributed by atoms with Crippen molar-refractivity contribution in [3.05, 3.63) is 12.2 Å². The SMILES string of the molecule is C=C1C[C@]2(C(C)C)C[C@@H]2[C@H]1C. The van der Waals surface area contributed by atoms with Crippen molar-refractivity contribution in [1.29, 1.82) is 0 Å². The minimum absolute atomic E-state index is 0.705. The van der Waals surface area contributed by atoms with Crippen LogP contribution in [-0.4, -0.2) is 0 Å². The fraction of sp³-hybridized carbons (Fsp3) is 0.818. The van der Waals surface area contributed by atoms with Crippen LogP contribution in [0.5, 0.6) is 0 Å². The Hall–Kier alpha value is -0.260. The molecule has 0 heteroatoms. The zero-order valence-electron chi connectivity index (χ0n) is 7.85. The van der Waals surface area contributed by atoms with Gasteiger partial charge in [-0.1, -0.05) is 32.9 Å². The van der Waals surface area contributed by atoms with Crippen molar-refractivity contribution in [2.24, 2.45) is 23.2 Å². The van der Waals surface area contributed by atoms with Crippen molar-refractivity contribution in [1.82, 2.24) is 0 Å². The molecule has 0 saturated heterocycles. The van der Waals surface area contributed by atoms with Crippen LogP contribution in [0.25, 0.3) is 0 Å². The van der Waals surface area contributed by atoms with Crippen LogP contribution in [0, 0.1) is 23.2 Å². The third-order valence-electron chi connectivity index (χ3n) is 4.13. The van der Waals surface area contributed by atoms with E-state index < -0.39 is 0 Å². The summed E-state index contributed by atoms with van der Waals surface area (Å²) >= 11 is 0. The van der Waals surface area contributed by atoms with Gasteiger partial charge in [0.05, 0.1) is 0 Å². The second-order valence-corrected chi connectivity index (χ2v) is 4.82. The maximum absolute atomic E-state index is 4.14. The molecule has 0 radical (unpaired) electrons. The molecule has 2 saturated carbocycles. The van der Waals surface area contributed by atoms with E-state index in [1.807, 2.05) is 0 Å². The minimum atomic E-state index is 0.705. The van der Waals surface area contributed by atoms with Gasteiger partial charge in [0.2, 0.25) is 0 Å². The molecule has 2 aliphatic rings. The summed E-state index contributed by atoms with van der Waals surface area (Å²) in [7, 11) is 0. The lowest BCUT2D eigenvalue weighted by Crippen LogP contribution is -2.07. The van der Waals surface area contributed by atoms with Crippen molar-refractivity contribution in [3.8, 4) is 0 Å². The molecular formula is C11H18. The molecule has 0 N–H and O–H groups in total. The van der Waals surface area contributed by atoms with Gasteiger partial charge < -0.3 is 0 Å². The van der Waals surface area contributed by atoms with Crippen molar-refractivity contribution in [2.75, 3.05) is 0 Å². The highest BCUT2D eigenvalue weighted by Gasteiger charge is 2.62. The van der Waals surface area contributed by atoms with Crippen molar-refractivity contribution in [3.63, 3.8) is 0 Å². The fourth-order valence-corrected chi connectivity index (χ4v) is 2.96. The molecule has 0 nitrogen and oxygen atoms in total. The second kappa shape index (κ2) is 1.91. The van der Waals surface area contributed by atoms with Crippen LogP contribution in [0.1, 0.15) is 33.6 Å². The average Bonchev–Trinajstić information content (AvgIpc) is 2.57. The molecule has 0 aliphatic heterocycles. The van der Waals surface area contributed by atoms with Crippen LogP contribution >= 0.6 is 0 Å². The summed E-state index contributed by atoms with van der Waals surface area (Å²) < 4.78 is 0. The molecule has 0 heterocycles. The van der Waals surface area contributed by atoms with E-state index >= 15 is 0 Å². The number of hydrogen-bond donors (Lipinski definition) is 0. The Morgan fingerprint density at radius 3 is 2.45 bits per heavy atom. The van der Waals surface area contributed by atoms with E-state index in [9.17, 15) is 0 Å². The maximum atomic E-state index is 4.14. The van der Waals surface area contributed by atoms with E-state index in [4.69, 9.17) is 0 Å². The fourth-order valence-electron chi connectivity index (χ4n) is 2.96. The van der Waals surface area contributed by atoms with Gasteiger partial charge in [0, 0.05) is 0 Å². The lowest BCUT2D eigenvalue weighted by atomic mass is 9.89. The summed E-state index contributed by atoms with van der Waals surface area (Å²) in [5.74, 6) is 2.68. The minimum Gasteiger partial charge on any atom is -0.0996 e. The maximum Gasteiger partial charge on any atom is -0.0200 e.